The molecule has 2 heteroatoms. The van der Waals surface area contributed by atoms with Gasteiger partial charge in [0, 0.05) is 0 Å². The molecule has 0 unspecified atom stereocenters. The van der Waals surface area contributed by atoms with Crippen molar-refractivity contribution in [2.24, 2.45) is 0 Å². The summed E-state index contributed by atoms with van der Waals surface area (Å²) >= 11 is 0. The van der Waals surface area contributed by atoms with E-state index in [1.807, 2.05) is 0 Å². The van der Waals surface area contributed by atoms with Gasteiger partial charge in [-0.2, -0.15) is 0 Å². The van der Waals surface area contributed by atoms with Gasteiger partial charge in [0.1, 0.15) is 5.82 Å². The van der Waals surface area contributed by atoms with Crippen LogP contribution in [0.25, 0.3) is 4.85 Å². The summed E-state index contributed by atoms with van der Waals surface area (Å²) < 4.78 is 13.0. The van der Waals surface area contributed by atoms with Gasteiger partial charge in [-0.1, -0.05) is 12.1 Å². The molecule has 0 saturated heterocycles. The SMILES string of the molecule is [C-]#[N+]c1ccc(C)c(F)c1C. The Kier molecular flexibility index (Phi) is 1.91. The lowest BCUT2D eigenvalue weighted by molar-refractivity contribution is 0.610. The summed E-state index contributed by atoms with van der Waals surface area (Å²) in [5, 5.41) is 0. The third kappa shape index (κ3) is 1.22. The van der Waals surface area contributed by atoms with Crippen molar-refractivity contribution in [1.82, 2.24) is 0 Å². The minimum Gasteiger partial charge on any atom is -0.238 e. The summed E-state index contributed by atoms with van der Waals surface area (Å²) in [4.78, 5) is 3.18. The molecule has 0 heterocycles. The highest BCUT2D eigenvalue weighted by Gasteiger charge is 2.04. The Morgan fingerprint density at radius 2 is 2.00 bits per heavy atom. The predicted molar refractivity (Wildman–Crippen MR) is 42.1 cm³/mol. The van der Waals surface area contributed by atoms with Gasteiger partial charge >= 0.3 is 0 Å². The van der Waals surface area contributed by atoms with Crippen molar-refractivity contribution in [1.29, 1.82) is 0 Å². The maximum atomic E-state index is 13.0. The van der Waals surface area contributed by atoms with Crippen molar-refractivity contribution in [3.8, 4) is 0 Å². The van der Waals surface area contributed by atoms with Crippen molar-refractivity contribution in [3.63, 3.8) is 0 Å². The lowest BCUT2D eigenvalue weighted by atomic mass is 10.1. The summed E-state index contributed by atoms with van der Waals surface area (Å²) in [6, 6.07) is 3.26. The molecule has 1 nitrogen and oxygen atoms in total. The van der Waals surface area contributed by atoms with Gasteiger partial charge < -0.3 is 0 Å². The number of hydrogen-bond acceptors (Lipinski definition) is 0. The third-order valence-corrected chi connectivity index (χ3v) is 1.67. The van der Waals surface area contributed by atoms with E-state index in [1.54, 1.807) is 26.0 Å². The second-order valence-electron chi connectivity index (χ2n) is 2.45. The van der Waals surface area contributed by atoms with Crippen LogP contribution >= 0.6 is 0 Å². The molecule has 0 atom stereocenters. The van der Waals surface area contributed by atoms with E-state index >= 15 is 0 Å². The van der Waals surface area contributed by atoms with Crippen LogP contribution in [0, 0.1) is 26.2 Å². The highest BCUT2D eigenvalue weighted by atomic mass is 19.1. The maximum Gasteiger partial charge on any atom is 0.193 e. The van der Waals surface area contributed by atoms with Gasteiger partial charge in [0.25, 0.3) is 0 Å². The molecular formula is C9H8FN. The molecule has 0 aliphatic heterocycles. The number of rotatable bonds is 0. The van der Waals surface area contributed by atoms with Crippen LogP contribution in [0.5, 0.6) is 0 Å². The largest absolute Gasteiger partial charge is 0.238 e. The number of aryl methyl sites for hydroxylation is 1. The standard InChI is InChI=1S/C9H8FN/c1-6-4-5-8(11-3)7(2)9(6)10/h4-5H,1-2H3. The molecule has 11 heavy (non-hydrogen) atoms. The molecule has 0 saturated carbocycles. The highest BCUT2D eigenvalue weighted by Crippen LogP contribution is 2.22. The smallest absolute Gasteiger partial charge is 0.193 e. The number of halogens is 1. The molecule has 0 fully saturated rings. The molecule has 0 aliphatic rings. The van der Waals surface area contributed by atoms with Gasteiger partial charge in [0.2, 0.25) is 0 Å². The topological polar surface area (TPSA) is 4.36 Å². The van der Waals surface area contributed by atoms with E-state index in [0.29, 0.717) is 16.8 Å². The first-order valence-corrected chi connectivity index (χ1v) is 3.30. The zero-order chi connectivity index (χ0) is 8.43. The fraction of sp³-hybridized carbons (Fsp3) is 0.222. The summed E-state index contributed by atoms with van der Waals surface area (Å²) in [7, 11) is 0. The first-order valence-electron chi connectivity index (χ1n) is 3.30. The average Bonchev–Trinajstić information content (AvgIpc) is 2.01. The molecule has 0 spiro atoms. The van der Waals surface area contributed by atoms with Crippen LogP contribution in [0.1, 0.15) is 11.1 Å². The molecular weight excluding hydrogens is 141 g/mol. The average molecular weight is 149 g/mol. The van der Waals surface area contributed by atoms with Gasteiger partial charge in [-0.3, -0.25) is 0 Å². The Hall–Kier alpha value is -1.36. The molecule has 0 bridgehead atoms. The Bertz CT molecular complexity index is 323. The quantitative estimate of drug-likeness (QED) is 0.499. The van der Waals surface area contributed by atoms with Gasteiger partial charge in [-0.25, -0.2) is 9.24 Å². The molecule has 1 aromatic rings. The van der Waals surface area contributed by atoms with Crippen LogP contribution in [0.15, 0.2) is 12.1 Å². The van der Waals surface area contributed by atoms with Crippen molar-refractivity contribution >= 4 is 5.69 Å². The lowest BCUT2D eigenvalue weighted by Crippen LogP contribution is -1.85. The Balaban J connectivity index is 3.40. The van der Waals surface area contributed by atoms with Crippen molar-refractivity contribution in [2.75, 3.05) is 0 Å². The molecule has 0 aliphatic carbocycles. The van der Waals surface area contributed by atoms with Crippen molar-refractivity contribution in [2.45, 2.75) is 13.8 Å². The van der Waals surface area contributed by atoms with E-state index in [0.717, 1.165) is 0 Å². The normalized spacial score (nSPS) is 9.27. The monoisotopic (exact) mass is 149 g/mol. The second-order valence-corrected chi connectivity index (χ2v) is 2.45. The minimum atomic E-state index is -0.265. The molecule has 1 aromatic carbocycles. The summed E-state index contributed by atoms with van der Waals surface area (Å²) in [5.41, 5.74) is 1.43. The van der Waals surface area contributed by atoms with E-state index in [1.165, 1.54) is 0 Å². The van der Waals surface area contributed by atoms with Gasteiger partial charge in [-0.15, -0.1) is 0 Å². The first kappa shape index (κ1) is 7.74. The number of benzene rings is 1. The van der Waals surface area contributed by atoms with Gasteiger partial charge in [0.15, 0.2) is 5.69 Å². The molecule has 0 N–H and O–H groups in total. The Morgan fingerprint density at radius 3 is 2.55 bits per heavy atom. The fourth-order valence-electron chi connectivity index (χ4n) is 0.931. The van der Waals surface area contributed by atoms with E-state index in [2.05, 4.69) is 4.85 Å². The van der Waals surface area contributed by atoms with Crippen LogP contribution in [-0.2, 0) is 0 Å². The van der Waals surface area contributed by atoms with Crippen molar-refractivity contribution in [3.05, 3.63) is 40.5 Å². The molecule has 56 valence electrons. The molecule has 0 aromatic heterocycles. The number of nitrogens with zero attached hydrogens (tertiary/aromatic N) is 1. The zero-order valence-electron chi connectivity index (χ0n) is 6.48. The zero-order valence-corrected chi connectivity index (χ0v) is 6.48. The minimum absolute atomic E-state index is 0.265. The van der Waals surface area contributed by atoms with Crippen LogP contribution in [0.2, 0.25) is 0 Å². The van der Waals surface area contributed by atoms with Crippen LogP contribution in [-0.4, -0.2) is 0 Å². The molecule has 0 radical (unpaired) electrons. The second kappa shape index (κ2) is 2.71. The summed E-state index contributed by atoms with van der Waals surface area (Å²) in [6.45, 7) is 10.0. The maximum absolute atomic E-state index is 13.0. The van der Waals surface area contributed by atoms with Crippen LogP contribution in [0.4, 0.5) is 10.1 Å². The van der Waals surface area contributed by atoms with Gasteiger partial charge in [0.05, 0.1) is 6.57 Å². The fourth-order valence-corrected chi connectivity index (χ4v) is 0.931. The van der Waals surface area contributed by atoms with E-state index in [-0.39, 0.29) is 5.82 Å². The van der Waals surface area contributed by atoms with E-state index < -0.39 is 0 Å². The highest BCUT2D eigenvalue weighted by molar-refractivity contribution is 5.53. The summed E-state index contributed by atoms with van der Waals surface area (Å²) in [6.07, 6.45) is 0. The Labute approximate surface area is 65.3 Å². The van der Waals surface area contributed by atoms with Crippen LogP contribution in [0.3, 0.4) is 0 Å². The molecule has 1 rings (SSSR count). The lowest BCUT2D eigenvalue weighted by Gasteiger charge is -2.01. The van der Waals surface area contributed by atoms with Gasteiger partial charge in [-0.05, 0) is 25.0 Å². The van der Waals surface area contributed by atoms with Crippen molar-refractivity contribution < 1.29 is 4.39 Å². The summed E-state index contributed by atoms with van der Waals surface area (Å²) in [5.74, 6) is -0.265. The molecule has 0 amide bonds. The predicted octanol–water partition coefficient (Wildman–Crippen LogP) is 2.99. The number of hydrogen-bond donors (Lipinski definition) is 0. The Morgan fingerprint density at radius 1 is 1.36 bits per heavy atom. The van der Waals surface area contributed by atoms with E-state index in [4.69, 9.17) is 6.57 Å². The third-order valence-electron chi connectivity index (χ3n) is 1.67. The van der Waals surface area contributed by atoms with Crippen LogP contribution < -0.4 is 0 Å². The first-order chi connectivity index (χ1) is 5.16. The van der Waals surface area contributed by atoms with E-state index in [9.17, 15) is 4.39 Å².